The summed E-state index contributed by atoms with van der Waals surface area (Å²) < 4.78 is 12.9. The molecule has 2 aromatic carbocycles. The number of imide groups is 1. The van der Waals surface area contributed by atoms with Crippen LogP contribution in [0, 0.1) is 15.9 Å². The highest BCUT2D eigenvalue weighted by atomic mass is 19.1. The maximum absolute atomic E-state index is 12.9. The highest BCUT2D eigenvalue weighted by Crippen LogP contribution is 2.26. The fourth-order valence-electron chi connectivity index (χ4n) is 2.74. The van der Waals surface area contributed by atoms with E-state index in [1.807, 2.05) is 0 Å². The third-order valence-electron chi connectivity index (χ3n) is 4.22. The van der Waals surface area contributed by atoms with Crippen LogP contribution in [-0.4, -0.2) is 46.0 Å². The maximum Gasteiger partial charge on any atom is 0.270 e. The van der Waals surface area contributed by atoms with E-state index in [4.69, 9.17) is 0 Å². The van der Waals surface area contributed by atoms with Crippen molar-refractivity contribution in [3.63, 3.8) is 0 Å². The van der Waals surface area contributed by atoms with Crippen LogP contribution in [0.1, 0.15) is 26.3 Å². The smallest absolute Gasteiger partial charge is 0.270 e. The predicted molar refractivity (Wildman–Crippen MR) is 91.3 cm³/mol. The van der Waals surface area contributed by atoms with Crippen molar-refractivity contribution >= 4 is 23.4 Å². The molecule has 0 aromatic heterocycles. The molecular weight excluding hydrogens is 357 g/mol. The van der Waals surface area contributed by atoms with Gasteiger partial charge in [-0.15, -0.1) is 0 Å². The Bertz CT molecular complexity index is 958. The molecule has 1 aliphatic rings. The lowest BCUT2D eigenvalue weighted by Gasteiger charge is -2.20. The minimum Gasteiger partial charge on any atom is -0.340 e. The number of hydrogen-bond acceptors (Lipinski definition) is 5. The molecule has 0 fully saturated rings. The quantitative estimate of drug-likeness (QED) is 0.454. The largest absolute Gasteiger partial charge is 0.340 e. The molecule has 2 aromatic rings. The fourth-order valence-corrected chi connectivity index (χ4v) is 2.74. The molecule has 0 aliphatic carbocycles. The fraction of sp³-hybridized carbons (Fsp3) is 0.167. The first-order valence-electron chi connectivity index (χ1n) is 7.91. The monoisotopic (exact) mass is 371 g/mol. The molecular formula is C18H14FN3O5. The number of nitro benzene ring substituents is 1. The summed E-state index contributed by atoms with van der Waals surface area (Å²) in [5.74, 6) is -2.31. The summed E-state index contributed by atoms with van der Waals surface area (Å²) in [6, 6.07) is 8.97. The van der Waals surface area contributed by atoms with Crippen LogP contribution < -0.4 is 0 Å². The summed E-state index contributed by atoms with van der Waals surface area (Å²) in [4.78, 5) is 49.4. The van der Waals surface area contributed by atoms with Crippen molar-refractivity contribution in [1.82, 2.24) is 9.80 Å². The van der Waals surface area contributed by atoms with Gasteiger partial charge in [0.25, 0.3) is 17.5 Å². The Labute approximate surface area is 152 Å². The average molecular weight is 371 g/mol. The van der Waals surface area contributed by atoms with E-state index >= 15 is 0 Å². The SMILES string of the molecule is CN(Cc1ccc(F)cc1)C(=O)CN1C(=O)c2ccc([N+](=O)[O-])cc2C1=O. The van der Waals surface area contributed by atoms with Gasteiger partial charge in [0, 0.05) is 25.7 Å². The maximum atomic E-state index is 12.9. The van der Waals surface area contributed by atoms with Gasteiger partial charge in [-0.1, -0.05) is 12.1 Å². The lowest BCUT2D eigenvalue weighted by molar-refractivity contribution is -0.384. The van der Waals surface area contributed by atoms with Crippen LogP contribution in [-0.2, 0) is 11.3 Å². The standard InChI is InChI=1S/C18H14FN3O5/c1-20(9-11-2-4-12(19)5-3-11)16(23)10-21-17(24)14-7-6-13(22(26)27)8-15(14)18(21)25/h2-8H,9-10H2,1H3. The van der Waals surface area contributed by atoms with Crippen molar-refractivity contribution in [2.24, 2.45) is 0 Å². The van der Waals surface area contributed by atoms with E-state index in [0.29, 0.717) is 5.56 Å². The van der Waals surface area contributed by atoms with Crippen LogP contribution in [0.4, 0.5) is 10.1 Å². The first-order chi connectivity index (χ1) is 12.8. The summed E-state index contributed by atoms with van der Waals surface area (Å²) in [5.41, 5.74) is 0.310. The molecule has 9 heteroatoms. The van der Waals surface area contributed by atoms with Gasteiger partial charge in [-0.25, -0.2) is 4.39 Å². The Morgan fingerprint density at radius 1 is 1.11 bits per heavy atom. The summed E-state index contributed by atoms with van der Waals surface area (Å²) in [7, 11) is 1.49. The third-order valence-corrected chi connectivity index (χ3v) is 4.22. The number of rotatable bonds is 5. The van der Waals surface area contributed by atoms with Crippen molar-refractivity contribution in [2.45, 2.75) is 6.54 Å². The molecule has 0 saturated heterocycles. The molecule has 0 spiro atoms. The van der Waals surface area contributed by atoms with Gasteiger partial charge in [0.05, 0.1) is 16.1 Å². The number of carbonyl (C=O) groups is 3. The van der Waals surface area contributed by atoms with E-state index in [2.05, 4.69) is 0 Å². The zero-order chi connectivity index (χ0) is 19.7. The summed E-state index contributed by atoms with van der Waals surface area (Å²) in [5, 5.41) is 10.8. The first-order valence-corrected chi connectivity index (χ1v) is 7.91. The van der Waals surface area contributed by atoms with Crippen molar-refractivity contribution in [2.75, 3.05) is 13.6 Å². The number of nitro groups is 1. The molecule has 1 aliphatic heterocycles. The minimum atomic E-state index is -0.748. The molecule has 0 bridgehead atoms. The van der Waals surface area contributed by atoms with Gasteiger partial charge in [-0.05, 0) is 23.8 Å². The highest BCUT2D eigenvalue weighted by Gasteiger charge is 2.38. The molecule has 0 N–H and O–H groups in total. The Morgan fingerprint density at radius 3 is 2.37 bits per heavy atom. The second-order valence-electron chi connectivity index (χ2n) is 6.06. The van der Waals surface area contributed by atoms with Crippen LogP contribution in [0.2, 0.25) is 0 Å². The number of fused-ring (bicyclic) bond motifs is 1. The molecule has 1 heterocycles. The Balaban J connectivity index is 1.72. The lowest BCUT2D eigenvalue weighted by atomic mass is 10.1. The molecule has 0 atom stereocenters. The summed E-state index contributed by atoms with van der Waals surface area (Å²) >= 11 is 0. The van der Waals surface area contributed by atoms with Crippen molar-refractivity contribution < 1.29 is 23.7 Å². The van der Waals surface area contributed by atoms with Crippen LogP contribution in [0.3, 0.4) is 0 Å². The number of nitrogens with zero attached hydrogens (tertiary/aromatic N) is 3. The molecule has 3 amide bonds. The van der Waals surface area contributed by atoms with Crippen LogP contribution in [0.5, 0.6) is 0 Å². The number of carbonyl (C=O) groups excluding carboxylic acids is 3. The highest BCUT2D eigenvalue weighted by molar-refractivity contribution is 6.22. The zero-order valence-electron chi connectivity index (χ0n) is 14.2. The molecule has 27 heavy (non-hydrogen) atoms. The number of non-ortho nitro benzene ring substituents is 1. The Morgan fingerprint density at radius 2 is 1.74 bits per heavy atom. The van der Waals surface area contributed by atoms with Crippen LogP contribution in [0.25, 0.3) is 0 Å². The van der Waals surface area contributed by atoms with E-state index in [0.717, 1.165) is 17.0 Å². The second kappa shape index (κ2) is 6.94. The van der Waals surface area contributed by atoms with E-state index in [1.165, 1.54) is 42.3 Å². The van der Waals surface area contributed by atoms with Gasteiger partial charge in [-0.2, -0.15) is 0 Å². The van der Waals surface area contributed by atoms with E-state index in [1.54, 1.807) is 0 Å². The van der Waals surface area contributed by atoms with Gasteiger partial charge < -0.3 is 4.90 Å². The van der Waals surface area contributed by atoms with E-state index in [9.17, 15) is 28.9 Å². The van der Waals surface area contributed by atoms with E-state index in [-0.39, 0.29) is 23.4 Å². The lowest BCUT2D eigenvalue weighted by Crippen LogP contribution is -2.40. The average Bonchev–Trinajstić information content (AvgIpc) is 2.88. The van der Waals surface area contributed by atoms with E-state index < -0.39 is 35.0 Å². The molecule has 0 saturated carbocycles. The number of likely N-dealkylation sites (N-methyl/N-ethyl adjacent to an activating group) is 1. The summed E-state index contributed by atoms with van der Waals surface area (Å²) in [6.45, 7) is -0.314. The normalized spacial score (nSPS) is 12.9. The molecule has 8 nitrogen and oxygen atoms in total. The van der Waals surface area contributed by atoms with Gasteiger partial charge in [0.2, 0.25) is 5.91 Å². The van der Waals surface area contributed by atoms with Gasteiger partial charge in [-0.3, -0.25) is 29.4 Å². The molecule has 3 rings (SSSR count). The third kappa shape index (κ3) is 3.52. The summed E-state index contributed by atoms with van der Waals surface area (Å²) in [6.07, 6.45) is 0. The van der Waals surface area contributed by atoms with Crippen molar-refractivity contribution in [3.05, 3.63) is 75.1 Å². The topological polar surface area (TPSA) is 101 Å². The van der Waals surface area contributed by atoms with Crippen LogP contribution in [0.15, 0.2) is 42.5 Å². The number of amides is 3. The molecule has 138 valence electrons. The Hall–Kier alpha value is -3.62. The van der Waals surface area contributed by atoms with Crippen molar-refractivity contribution in [3.8, 4) is 0 Å². The molecule has 0 unspecified atom stereocenters. The first kappa shape index (κ1) is 18.2. The predicted octanol–water partition coefficient (Wildman–Crippen LogP) is 1.99. The van der Waals surface area contributed by atoms with Crippen LogP contribution >= 0.6 is 0 Å². The number of halogens is 1. The van der Waals surface area contributed by atoms with Crippen molar-refractivity contribution in [1.29, 1.82) is 0 Å². The Kier molecular flexibility index (Phi) is 4.68. The molecule has 0 radical (unpaired) electrons. The van der Waals surface area contributed by atoms with Gasteiger partial charge >= 0.3 is 0 Å². The zero-order valence-corrected chi connectivity index (χ0v) is 14.2. The number of benzene rings is 2. The minimum absolute atomic E-state index is 0.0274. The van der Waals surface area contributed by atoms with Gasteiger partial charge in [0.1, 0.15) is 12.4 Å². The van der Waals surface area contributed by atoms with Gasteiger partial charge in [0.15, 0.2) is 0 Å². The number of hydrogen-bond donors (Lipinski definition) is 0. The second-order valence-corrected chi connectivity index (χ2v) is 6.06.